The first-order valence-corrected chi connectivity index (χ1v) is 11.8. The van der Waals surface area contributed by atoms with Crippen molar-refractivity contribution in [2.75, 3.05) is 23.3 Å². The molecule has 7 heteroatoms. The molecule has 1 fully saturated rings. The van der Waals surface area contributed by atoms with Crippen LogP contribution < -0.4 is 15.8 Å². The van der Waals surface area contributed by atoms with Gasteiger partial charge in [0.1, 0.15) is 11.5 Å². The summed E-state index contributed by atoms with van der Waals surface area (Å²) in [5, 5.41) is 12.9. The molecule has 1 saturated heterocycles. The number of hydrogen-bond acceptors (Lipinski definition) is 5. The quantitative estimate of drug-likeness (QED) is 0.423. The van der Waals surface area contributed by atoms with Gasteiger partial charge in [0.05, 0.1) is 17.2 Å². The average molecular weight is 469 g/mol. The Morgan fingerprint density at radius 2 is 1.77 bits per heavy atom. The van der Waals surface area contributed by atoms with Gasteiger partial charge < -0.3 is 15.3 Å². The van der Waals surface area contributed by atoms with Crippen molar-refractivity contribution in [3.05, 3.63) is 105 Å². The van der Waals surface area contributed by atoms with Gasteiger partial charge in [0, 0.05) is 36.5 Å². The van der Waals surface area contributed by atoms with Crippen molar-refractivity contribution in [2.24, 2.45) is 0 Å². The Morgan fingerprint density at radius 3 is 2.49 bits per heavy atom. The lowest BCUT2D eigenvalue weighted by atomic mass is 9.91. The predicted octanol–water partition coefficient (Wildman–Crippen LogP) is 4.79. The molecule has 1 atom stereocenters. The van der Waals surface area contributed by atoms with Crippen molar-refractivity contribution < 1.29 is 9.90 Å². The van der Waals surface area contributed by atoms with Crippen LogP contribution in [0.5, 0.6) is 0 Å². The van der Waals surface area contributed by atoms with Gasteiger partial charge in [0.2, 0.25) is 0 Å². The summed E-state index contributed by atoms with van der Waals surface area (Å²) >= 11 is 0. The van der Waals surface area contributed by atoms with Crippen LogP contribution in [-0.2, 0) is 0 Å². The number of carboxylic acids is 1. The lowest BCUT2D eigenvalue weighted by Gasteiger charge is -2.41. The fourth-order valence-corrected chi connectivity index (χ4v) is 4.81. The van der Waals surface area contributed by atoms with Crippen LogP contribution in [0.15, 0.2) is 71.7 Å². The Bertz CT molecular complexity index is 1470. The Kier molecular flexibility index (Phi) is 5.76. The van der Waals surface area contributed by atoms with Crippen molar-refractivity contribution in [1.29, 1.82) is 0 Å². The van der Waals surface area contributed by atoms with E-state index in [0.717, 1.165) is 24.2 Å². The maximum atomic E-state index is 13.4. The van der Waals surface area contributed by atoms with E-state index in [1.54, 1.807) is 28.7 Å². The van der Waals surface area contributed by atoms with Crippen LogP contribution in [-0.4, -0.2) is 33.6 Å². The molecule has 1 aliphatic heterocycles. The van der Waals surface area contributed by atoms with E-state index in [0.29, 0.717) is 28.6 Å². The number of para-hydroxylation sites is 1. The third-order valence-corrected chi connectivity index (χ3v) is 6.74. The van der Waals surface area contributed by atoms with E-state index >= 15 is 0 Å². The maximum absolute atomic E-state index is 13.4. The zero-order valence-corrected chi connectivity index (χ0v) is 20.0. The number of nitrogens with one attached hydrogen (secondary N) is 1. The first-order valence-electron chi connectivity index (χ1n) is 11.8. The van der Waals surface area contributed by atoms with Crippen LogP contribution >= 0.6 is 0 Å². The Labute approximate surface area is 203 Å². The molecular formula is C28H28N4O3. The molecule has 35 heavy (non-hydrogen) atoms. The summed E-state index contributed by atoms with van der Waals surface area (Å²) < 4.78 is 1.61. The normalized spacial score (nSPS) is 14.5. The molecule has 1 aliphatic rings. The van der Waals surface area contributed by atoms with Crippen LogP contribution in [0.3, 0.4) is 0 Å². The number of anilines is 2. The highest BCUT2D eigenvalue weighted by molar-refractivity contribution is 5.94. The zero-order chi connectivity index (χ0) is 24.7. The van der Waals surface area contributed by atoms with Crippen LogP contribution in [0.4, 0.5) is 11.5 Å². The number of rotatable bonds is 6. The highest BCUT2D eigenvalue weighted by Crippen LogP contribution is 2.33. The number of carboxylic acid groups (broad SMARTS) is 1. The van der Waals surface area contributed by atoms with Crippen molar-refractivity contribution >= 4 is 23.1 Å². The predicted molar refractivity (Wildman–Crippen MR) is 138 cm³/mol. The first kappa shape index (κ1) is 22.7. The minimum Gasteiger partial charge on any atom is -0.478 e. The van der Waals surface area contributed by atoms with Crippen molar-refractivity contribution in [3.8, 4) is 0 Å². The lowest BCUT2D eigenvalue weighted by molar-refractivity contribution is 0.0698. The summed E-state index contributed by atoms with van der Waals surface area (Å²) in [6.07, 6.45) is 1.81. The van der Waals surface area contributed by atoms with E-state index in [4.69, 9.17) is 4.98 Å². The maximum Gasteiger partial charge on any atom is 0.337 e. The third-order valence-electron chi connectivity index (χ3n) is 6.74. The molecule has 0 unspecified atom stereocenters. The van der Waals surface area contributed by atoms with Gasteiger partial charge in [-0.1, -0.05) is 42.5 Å². The van der Waals surface area contributed by atoms with E-state index in [1.165, 1.54) is 5.56 Å². The van der Waals surface area contributed by atoms with E-state index in [2.05, 4.69) is 34.5 Å². The topological polar surface area (TPSA) is 86.9 Å². The molecule has 0 amide bonds. The zero-order valence-electron chi connectivity index (χ0n) is 20.0. The third kappa shape index (κ3) is 4.14. The van der Waals surface area contributed by atoms with Gasteiger partial charge in [-0.2, -0.15) is 0 Å². The first-order chi connectivity index (χ1) is 16.8. The van der Waals surface area contributed by atoms with Gasteiger partial charge in [0.25, 0.3) is 5.56 Å². The standard InChI is InChI=1S/C28H28N4O3/c1-17-13-23(19(3)29-24-12-8-7-11-22(24)28(34)35)26-30-25(18(2)27(33)32(26)14-17)31-15-21(16-31)20-9-5-4-6-10-20/h4-14,19,21,29H,15-16H2,1-3H3,(H,34,35)/t19-/m1/s1. The molecule has 178 valence electrons. The smallest absolute Gasteiger partial charge is 0.337 e. The van der Waals surface area contributed by atoms with Gasteiger partial charge in [-0.05, 0) is 50.1 Å². The number of aromatic carboxylic acids is 1. The number of pyridine rings is 1. The Hall–Kier alpha value is -4.13. The SMILES string of the molecule is Cc1cc([C@@H](C)Nc2ccccc2C(=O)O)c2nc(N3CC(c4ccccc4)C3)c(C)c(=O)n2c1. The highest BCUT2D eigenvalue weighted by Gasteiger charge is 2.31. The van der Waals surface area contributed by atoms with E-state index in [1.807, 2.05) is 39.1 Å². The molecule has 5 rings (SSSR count). The van der Waals surface area contributed by atoms with Gasteiger partial charge in [0.15, 0.2) is 0 Å². The average Bonchev–Trinajstić information content (AvgIpc) is 2.82. The number of hydrogen-bond donors (Lipinski definition) is 2. The second kappa shape index (κ2) is 8.91. The molecule has 7 nitrogen and oxygen atoms in total. The summed E-state index contributed by atoms with van der Waals surface area (Å²) in [6, 6.07) is 18.9. The number of fused-ring (bicyclic) bond motifs is 1. The summed E-state index contributed by atoms with van der Waals surface area (Å²) in [5.74, 6) is 0.138. The van der Waals surface area contributed by atoms with Crippen LogP contribution in [0.2, 0.25) is 0 Å². The minimum absolute atomic E-state index is 0.0868. The molecule has 2 aromatic carbocycles. The summed E-state index contributed by atoms with van der Waals surface area (Å²) in [6.45, 7) is 7.35. The van der Waals surface area contributed by atoms with Gasteiger partial charge in [-0.25, -0.2) is 9.78 Å². The Morgan fingerprint density at radius 1 is 1.09 bits per heavy atom. The van der Waals surface area contributed by atoms with E-state index < -0.39 is 5.97 Å². The molecule has 0 spiro atoms. The Balaban J connectivity index is 1.52. The molecular weight excluding hydrogens is 440 g/mol. The molecule has 3 heterocycles. The van der Waals surface area contributed by atoms with E-state index in [9.17, 15) is 14.7 Å². The molecule has 4 aromatic rings. The fraction of sp³-hybridized carbons (Fsp3) is 0.250. The van der Waals surface area contributed by atoms with Crippen molar-refractivity contribution in [3.63, 3.8) is 0 Å². The lowest BCUT2D eigenvalue weighted by Crippen LogP contribution is -2.46. The fourth-order valence-electron chi connectivity index (χ4n) is 4.81. The number of benzene rings is 2. The van der Waals surface area contributed by atoms with Crippen molar-refractivity contribution in [1.82, 2.24) is 9.38 Å². The van der Waals surface area contributed by atoms with Gasteiger partial charge in [-0.15, -0.1) is 0 Å². The highest BCUT2D eigenvalue weighted by atomic mass is 16.4. The van der Waals surface area contributed by atoms with E-state index in [-0.39, 0.29) is 17.2 Å². The van der Waals surface area contributed by atoms with Gasteiger partial charge >= 0.3 is 5.97 Å². The summed E-state index contributed by atoms with van der Waals surface area (Å²) in [4.78, 5) is 32.2. The van der Waals surface area contributed by atoms with Gasteiger partial charge in [-0.3, -0.25) is 9.20 Å². The van der Waals surface area contributed by atoms with Crippen LogP contribution in [0.1, 0.15) is 51.5 Å². The second-order valence-electron chi connectivity index (χ2n) is 9.26. The van der Waals surface area contributed by atoms with Crippen LogP contribution in [0, 0.1) is 13.8 Å². The molecule has 0 saturated carbocycles. The van der Waals surface area contributed by atoms with Crippen molar-refractivity contribution in [2.45, 2.75) is 32.7 Å². The molecule has 0 bridgehead atoms. The number of nitrogens with zero attached hydrogens (tertiary/aromatic N) is 3. The van der Waals surface area contributed by atoms with Crippen LogP contribution in [0.25, 0.3) is 5.65 Å². The molecule has 2 N–H and O–H groups in total. The molecule has 0 aliphatic carbocycles. The second-order valence-corrected chi connectivity index (χ2v) is 9.26. The monoisotopic (exact) mass is 468 g/mol. The summed E-state index contributed by atoms with van der Waals surface area (Å²) in [7, 11) is 0. The summed E-state index contributed by atoms with van der Waals surface area (Å²) in [5.41, 5.74) is 4.90. The largest absolute Gasteiger partial charge is 0.478 e. The molecule has 0 radical (unpaired) electrons. The minimum atomic E-state index is -0.993. The molecule has 2 aromatic heterocycles. The number of aryl methyl sites for hydroxylation is 1. The number of aromatic nitrogens is 2. The number of carbonyl (C=O) groups is 1.